The third kappa shape index (κ3) is 21.1. The predicted octanol–water partition coefficient (Wildman–Crippen LogP) is -1.59. The Balaban J connectivity index is 0.829. The van der Waals surface area contributed by atoms with Crippen molar-refractivity contribution in [2.24, 2.45) is 0 Å². The molecule has 11 bridgehead atoms. The zero-order chi connectivity index (χ0) is 83.2. The Morgan fingerprint density at radius 1 is 0.733 bits per heavy atom. The van der Waals surface area contributed by atoms with Gasteiger partial charge in [0, 0.05) is 127 Å². The van der Waals surface area contributed by atoms with Crippen molar-refractivity contribution in [1.29, 1.82) is 0 Å². The fraction of sp³-hybridized carbons (Fsp3) is 0.537. The van der Waals surface area contributed by atoms with E-state index in [9.17, 15) is 59.1 Å². The van der Waals surface area contributed by atoms with Gasteiger partial charge in [0.2, 0.25) is 70.9 Å². The molecule has 4 aromatic carbocycles. The lowest BCUT2D eigenvalue weighted by Gasteiger charge is -2.40. The molecule has 12 amide bonds. The van der Waals surface area contributed by atoms with Crippen LogP contribution in [0, 0.1) is 0 Å². The first-order chi connectivity index (χ1) is 55.5. The topological polar surface area (TPSA) is 460 Å². The van der Waals surface area contributed by atoms with Gasteiger partial charge in [-0.2, -0.15) is 0 Å². The van der Waals surface area contributed by atoms with Gasteiger partial charge < -0.3 is 112 Å². The van der Waals surface area contributed by atoms with Crippen LogP contribution in [0.4, 0.5) is 5.69 Å². The monoisotopic (exact) mass is 1610 g/mol. The first kappa shape index (κ1) is 86.2. The van der Waals surface area contributed by atoms with E-state index >= 15 is 24.0 Å². The molecule has 3 saturated heterocycles. The number of benzene rings is 4. The highest BCUT2D eigenvalue weighted by Gasteiger charge is 2.49. The number of hydrogen-bond acceptors (Lipinski definition) is 21. The molecule has 5 unspecified atom stereocenters. The van der Waals surface area contributed by atoms with Crippen molar-refractivity contribution in [3.8, 4) is 5.75 Å². The van der Waals surface area contributed by atoms with Crippen LogP contribution in [-0.2, 0) is 112 Å². The molecular formula is C82H108N14O20. The molecule has 1 aromatic heterocycles. The summed E-state index contributed by atoms with van der Waals surface area (Å²) in [5.41, 5.74) is 4.18. The normalized spacial score (nSPS) is 25.9. The highest BCUT2D eigenvalue weighted by atomic mass is 16.6. The molecule has 8 heterocycles. The second-order valence-electron chi connectivity index (χ2n) is 31.1. The van der Waals surface area contributed by atoms with E-state index in [0.717, 1.165) is 16.6 Å². The Bertz CT molecular complexity index is 4410. The molecule has 34 heteroatoms. The molecular weight excluding hydrogens is 1500 g/mol. The number of aromatic nitrogens is 1. The Kier molecular flexibility index (Phi) is 28.9. The van der Waals surface area contributed by atoms with Crippen LogP contribution in [0.25, 0.3) is 10.9 Å². The molecule has 0 spiro atoms. The minimum absolute atomic E-state index is 0.0257. The minimum atomic E-state index is -1.81. The van der Waals surface area contributed by atoms with Crippen LogP contribution in [0.2, 0.25) is 0 Å². The third-order valence-corrected chi connectivity index (χ3v) is 22.9. The first-order valence-electron chi connectivity index (χ1n) is 39.8. The second kappa shape index (κ2) is 38.9. The van der Waals surface area contributed by atoms with Crippen molar-refractivity contribution in [2.75, 3.05) is 64.5 Å². The van der Waals surface area contributed by atoms with Gasteiger partial charge in [0.25, 0.3) is 0 Å². The van der Waals surface area contributed by atoms with Crippen LogP contribution in [-0.4, -0.2) is 266 Å². The van der Waals surface area contributed by atoms with Gasteiger partial charge in [-0.25, -0.2) is 0 Å². The van der Waals surface area contributed by atoms with E-state index in [1.54, 1.807) is 77.1 Å². The number of likely N-dealkylation sites (tertiary alicyclic amines) is 1. The summed E-state index contributed by atoms with van der Waals surface area (Å²) in [6, 6.07) is 18.6. The van der Waals surface area contributed by atoms with E-state index < -0.39 is 176 Å². The highest BCUT2D eigenvalue weighted by Crippen LogP contribution is 2.34. The number of amides is 12. The summed E-state index contributed by atoms with van der Waals surface area (Å²) in [6.45, 7) is 7.72. The number of nitrogens with one attached hydrogen (secondary N) is 9. The van der Waals surface area contributed by atoms with E-state index in [0.29, 0.717) is 90.7 Å². The van der Waals surface area contributed by atoms with Crippen LogP contribution >= 0.6 is 0 Å². The van der Waals surface area contributed by atoms with Gasteiger partial charge in [-0.3, -0.25) is 57.5 Å². The molecule has 626 valence electrons. The second-order valence-corrected chi connectivity index (χ2v) is 31.1. The molecule has 0 saturated carbocycles. The maximum Gasteiger partial charge on any atom is 0.246 e. The van der Waals surface area contributed by atoms with E-state index in [4.69, 9.17) is 14.2 Å². The van der Waals surface area contributed by atoms with Gasteiger partial charge in [0.05, 0.1) is 32.0 Å². The molecule has 0 radical (unpaired) electrons. The summed E-state index contributed by atoms with van der Waals surface area (Å²) >= 11 is 0. The largest absolute Gasteiger partial charge is 0.497 e. The lowest BCUT2D eigenvalue weighted by molar-refractivity contribution is -0.236. The first-order valence-corrected chi connectivity index (χ1v) is 39.8. The van der Waals surface area contributed by atoms with Crippen LogP contribution in [0.5, 0.6) is 5.75 Å². The number of aryl methyl sites for hydroxylation is 1. The summed E-state index contributed by atoms with van der Waals surface area (Å²) in [7, 11) is 1.52. The van der Waals surface area contributed by atoms with Gasteiger partial charge in [0.15, 0.2) is 6.23 Å². The fourth-order valence-electron chi connectivity index (χ4n) is 16.0. The number of aliphatic hydroxyl groups excluding tert-OH is 5. The van der Waals surface area contributed by atoms with Gasteiger partial charge in [-0.15, -0.1) is 0 Å². The molecule has 15 atom stereocenters. The molecule has 14 N–H and O–H groups in total. The lowest BCUT2D eigenvalue weighted by Crippen LogP contribution is -2.63. The lowest BCUT2D eigenvalue weighted by atomic mass is 9.95. The van der Waals surface area contributed by atoms with Crippen molar-refractivity contribution in [3.63, 3.8) is 0 Å². The van der Waals surface area contributed by atoms with Crippen molar-refractivity contribution in [1.82, 2.24) is 67.1 Å². The zero-order valence-corrected chi connectivity index (χ0v) is 66.2. The summed E-state index contributed by atoms with van der Waals surface area (Å²) in [4.78, 5) is 178. The summed E-state index contributed by atoms with van der Waals surface area (Å²) in [5, 5.41) is 76.8. The van der Waals surface area contributed by atoms with Crippen LogP contribution < -0.4 is 57.5 Å². The number of aliphatic hydroxyl groups is 5. The minimum Gasteiger partial charge on any atom is -0.497 e. The van der Waals surface area contributed by atoms with E-state index in [1.165, 1.54) is 25.9 Å². The van der Waals surface area contributed by atoms with E-state index in [-0.39, 0.29) is 83.4 Å². The molecule has 7 aliphatic rings. The van der Waals surface area contributed by atoms with Gasteiger partial charge in [0.1, 0.15) is 78.6 Å². The number of fused-ring (bicyclic) bond motifs is 15. The Labute approximate surface area is 671 Å². The Morgan fingerprint density at radius 2 is 1.45 bits per heavy atom. The average molecular weight is 1610 g/mol. The van der Waals surface area contributed by atoms with Gasteiger partial charge in [-0.1, -0.05) is 60.7 Å². The summed E-state index contributed by atoms with van der Waals surface area (Å²) in [6.07, 6.45) is -6.66. The number of ether oxygens (including phenoxy) is 3. The number of nitrogens with zero attached hydrogens (tertiary/aromatic N) is 5. The number of carbonyl (C=O) groups is 12. The van der Waals surface area contributed by atoms with Crippen molar-refractivity contribution < 1.29 is 97.3 Å². The quantitative estimate of drug-likeness (QED) is 0.0394. The van der Waals surface area contributed by atoms with Crippen LogP contribution in [0.1, 0.15) is 119 Å². The molecule has 5 aromatic rings. The number of anilines is 1. The number of methoxy groups -OCH3 is 1. The molecule has 34 nitrogen and oxygen atoms in total. The zero-order valence-electron chi connectivity index (χ0n) is 66.2. The molecule has 3 fully saturated rings. The summed E-state index contributed by atoms with van der Waals surface area (Å²) in [5.74, 6) is -6.80. The predicted molar refractivity (Wildman–Crippen MR) is 420 cm³/mol. The van der Waals surface area contributed by atoms with E-state index in [2.05, 4.69) is 52.4 Å². The smallest absolute Gasteiger partial charge is 0.246 e. The Morgan fingerprint density at radius 3 is 2.18 bits per heavy atom. The maximum atomic E-state index is 15.4. The van der Waals surface area contributed by atoms with Crippen molar-refractivity contribution >= 4 is 87.5 Å². The van der Waals surface area contributed by atoms with Crippen molar-refractivity contribution in [2.45, 2.75) is 222 Å². The molecule has 7 aliphatic heterocycles. The molecule has 116 heavy (non-hydrogen) atoms. The molecule has 12 rings (SSSR count). The van der Waals surface area contributed by atoms with Gasteiger partial charge in [-0.05, 0) is 130 Å². The maximum absolute atomic E-state index is 15.4. The number of hydrogen-bond donors (Lipinski definition) is 14. The Hall–Kier alpha value is -10.6. The number of rotatable bonds is 21. The van der Waals surface area contributed by atoms with Crippen LogP contribution in [0.15, 0.2) is 97.2 Å². The summed E-state index contributed by atoms with van der Waals surface area (Å²) < 4.78 is 18.9. The van der Waals surface area contributed by atoms with Crippen molar-refractivity contribution in [3.05, 3.63) is 131 Å². The fourth-order valence-corrected chi connectivity index (χ4v) is 16.0. The average Bonchev–Trinajstić information content (AvgIpc) is 1.62. The SMILES string of the molecule is COc1ccc(C[C@H](NC(=O)[C@@H](NC(C)=O)[C@@H](C)O)C(=O)N2CCC[C@@]2(C)C(=O)NCCc2ccc(CN3CCCCn4cc5c6cc(ccc64)N(CCC3=O)[C@@H](C)C(=O)N[C@H](CNC(=O)CCC(=O)NC3OC(CO)C(O)C(O)C3O)C(=O)N[C@H]3Cc4cccc(c4)CNC(=O)CO[C@H]4CCN(C(=O)[C@H](C5)NC3=O)[C@@H]4C)cc2)cc1. The molecule has 0 aliphatic carbocycles. The standard InChI is InChI=1S/C82H108N14O20/c1-46-64-26-33-95(46)79(111)61-38-55-43-92-30-7-8-31-93(42-52-15-13-50(14-16-52)25-29-83-81(113)82(5)28-10-32-96(82)80(112)60(36-51-17-20-57(114-6)21-18-51)89-77(110)70(48(3)98)86-49(4)99)69(103)27-34-94(56-19-22-63(92)58(55)39-56)47(2)74(107)90-62(41-85-66(100)23-24-67(101)91-78-73(106)72(105)71(104)65(44-97)116-78)76(109)87-59(75(108)88-61)37-53-11-9-12-54(35-53)40-84-68(102)45-115-64/h9,11-22,35,39,43,46-48,59-62,64-65,70-73,78,97-98,104-106H,7-8,10,23-34,36-38,40-42,44-45H2,1-6H3,(H,83,113)(H,84,102)(H,85,100)(H,86,99)(H,87,109)(H,88,108)(H,89,110)(H,90,107)(H,91,101)/t46-,47+,48-,59+,60+,61+,62-,64+,65?,70+,71?,72?,73?,78?,82+/m1/s1. The third-order valence-electron chi connectivity index (χ3n) is 22.9. The van der Waals surface area contributed by atoms with E-state index in [1.807, 2.05) is 55.6 Å². The number of carbonyl (C=O) groups excluding carboxylic acids is 12. The van der Waals surface area contributed by atoms with Gasteiger partial charge >= 0.3 is 0 Å². The van der Waals surface area contributed by atoms with Crippen LogP contribution in [0.3, 0.4) is 0 Å². The highest BCUT2D eigenvalue weighted by molar-refractivity contribution is 5.99.